The van der Waals surface area contributed by atoms with Gasteiger partial charge in [0.05, 0.1) is 14.2 Å². The predicted molar refractivity (Wildman–Crippen MR) is 125 cm³/mol. The normalized spacial score (nSPS) is 15.2. The van der Waals surface area contributed by atoms with Gasteiger partial charge >= 0.3 is 0 Å². The summed E-state index contributed by atoms with van der Waals surface area (Å²) >= 11 is 0. The van der Waals surface area contributed by atoms with E-state index in [9.17, 15) is 9.59 Å². The maximum absolute atomic E-state index is 13.1. The summed E-state index contributed by atoms with van der Waals surface area (Å²) in [5.41, 5.74) is 2.83. The van der Waals surface area contributed by atoms with E-state index in [0.717, 1.165) is 11.1 Å². The van der Waals surface area contributed by atoms with Crippen LogP contribution in [0.5, 0.6) is 17.2 Å². The number of rotatable bonds is 6. The number of carbonyl (C=O) groups is 2. The van der Waals surface area contributed by atoms with Crippen LogP contribution in [0.1, 0.15) is 28.4 Å². The van der Waals surface area contributed by atoms with Crippen LogP contribution in [0.15, 0.2) is 66.7 Å². The molecule has 3 aromatic rings. The minimum absolute atomic E-state index is 0.133. The second kappa shape index (κ2) is 9.65. The number of ether oxygens (including phenoxy) is 3. The van der Waals surface area contributed by atoms with Crippen LogP contribution in [-0.2, 0) is 17.9 Å². The second-order valence-electron chi connectivity index (χ2n) is 7.75. The smallest absolute Gasteiger partial charge is 0.263 e. The van der Waals surface area contributed by atoms with E-state index in [2.05, 4.69) is 5.32 Å². The fraction of sp³-hybridized carbons (Fsp3) is 0.231. The Balaban J connectivity index is 1.60. The van der Waals surface area contributed by atoms with Crippen molar-refractivity contribution in [1.82, 2.24) is 4.90 Å². The van der Waals surface area contributed by atoms with Crippen LogP contribution in [-0.4, -0.2) is 37.0 Å². The first-order valence-corrected chi connectivity index (χ1v) is 10.6. The van der Waals surface area contributed by atoms with Gasteiger partial charge in [-0.05, 0) is 43.3 Å². The van der Waals surface area contributed by atoms with Crippen molar-refractivity contribution in [2.75, 3.05) is 19.5 Å². The van der Waals surface area contributed by atoms with Crippen LogP contribution in [0.2, 0.25) is 0 Å². The molecule has 1 N–H and O–H groups in total. The molecule has 0 aromatic heterocycles. The van der Waals surface area contributed by atoms with Crippen molar-refractivity contribution >= 4 is 17.5 Å². The molecule has 3 aromatic carbocycles. The Bertz CT molecular complexity index is 1160. The third-order valence-corrected chi connectivity index (χ3v) is 5.52. The summed E-state index contributed by atoms with van der Waals surface area (Å²) in [5, 5.41) is 2.91. The van der Waals surface area contributed by atoms with Gasteiger partial charge in [-0.1, -0.05) is 30.3 Å². The summed E-state index contributed by atoms with van der Waals surface area (Å²) in [5.74, 6) is 1.48. The lowest BCUT2D eigenvalue weighted by molar-refractivity contribution is -0.138. The average Bonchev–Trinajstić information content (AvgIpc) is 2.95. The third kappa shape index (κ3) is 4.77. The van der Waals surface area contributed by atoms with E-state index in [0.29, 0.717) is 41.6 Å². The highest BCUT2D eigenvalue weighted by Gasteiger charge is 2.29. The molecule has 0 spiro atoms. The number of methoxy groups -OCH3 is 2. The monoisotopic (exact) mass is 446 g/mol. The summed E-state index contributed by atoms with van der Waals surface area (Å²) in [6.45, 7) is 2.39. The number of nitrogens with one attached hydrogen (secondary N) is 1. The number of hydrogen-bond donors (Lipinski definition) is 1. The van der Waals surface area contributed by atoms with Crippen molar-refractivity contribution in [2.24, 2.45) is 0 Å². The molecular formula is C26H26N2O5. The Labute approximate surface area is 192 Å². The Kier molecular flexibility index (Phi) is 6.49. The number of carbonyl (C=O) groups excluding carboxylic acids is 2. The maximum Gasteiger partial charge on any atom is 0.263 e. The number of para-hydroxylation sites is 1. The zero-order chi connectivity index (χ0) is 23.4. The van der Waals surface area contributed by atoms with Crippen LogP contribution in [0, 0.1) is 0 Å². The lowest BCUT2D eigenvalue weighted by atomic mass is 10.1. The molecule has 7 heteroatoms. The van der Waals surface area contributed by atoms with E-state index in [1.807, 2.05) is 42.5 Å². The molecule has 0 saturated carbocycles. The molecule has 1 atom stereocenters. The van der Waals surface area contributed by atoms with Gasteiger partial charge in [0.2, 0.25) is 0 Å². The van der Waals surface area contributed by atoms with E-state index >= 15 is 0 Å². The molecule has 0 bridgehead atoms. The van der Waals surface area contributed by atoms with Crippen LogP contribution >= 0.6 is 0 Å². The first-order valence-electron chi connectivity index (χ1n) is 10.6. The fourth-order valence-corrected chi connectivity index (χ4v) is 3.89. The number of anilines is 1. The summed E-state index contributed by atoms with van der Waals surface area (Å²) < 4.78 is 16.8. The minimum atomic E-state index is -0.646. The zero-order valence-corrected chi connectivity index (χ0v) is 18.8. The van der Waals surface area contributed by atoms with E-state index < -0.39 is 6.10 Å². The first kappa shape index (κ1) is 22.2. The molecule has 4 rings (SSSR count). The third-order valence-electron chi connectivity index (χ3n) is 5.52. The van der Waals surface area contributed by atoms with E-state index in [1.54, 1.807) is 50.3 Å². The van der Waals surface area contributed by atoms with Gasteiger partial charge in [-0.25, -0.2) is 0 Å². The SMILES string of the molecule is COc1cccc(CN2Cc3cc(NC(=O)c4ccccc4)ccc3O[C@H](C)C2=O)c1OC. The molecule has 1 heterocycles. The molecule has 0 radical (unpaired) electrons. The second-order valence-corrected chi connectivity index (χ2v) is 7.75. The highest BCUT2D eigenvalue weighted by Crippen LogP contribution is 2.34. The molecule has 0 unspecified atom stereocenters. The molecule has 0 saturated heterocycles. The van der Waals surface area contributed by atoms with Gasteiger partial charge in [0.25, 0.3) is 11.8 Å². The number of nitrogens with zero attached hydrogens (tertiary/aromatic N) is 1. The van der Waals surface area contributed by atoms with Crippen LogP contribution in [0.3, 0.4) is 0 Å². The van der Waals surface area contributed by atoms with E-state index in [-0.39, 0.29) is 11.8 Å². The van der Waals surface area contributed by atoms with Crippen molar-refractivity contribution in [3.05, 3.63) is 83.4 Å². The molecule has 1 aliphatic heterocycles. The first-order chi connectivity index (χ1) is 16.0. The van der Waals surface area contributed by atoms with Crippen LogP contribution < -0.4 is 19.5 Å². The Hall–Kier alpha value is -4.00. The molecule has 170 valence electrons. The Morgan fingerprint density at radius 3 is 2.58 bits per heavy atom. The topological polar surface area (TPSA) is 77.1 Å². The fourth-order valence-electron chi connectivity index (χ4n) is 3.89. The summed E-state index contributed by atoms with van der Waals surface area (Å²) in [4.78, 5) is 27.4. The maximum atomic E-state index is 13.1. The van der Waals surface area contributed by atoms with Crippen LogP contribution in [0.4, 0.5) is 5.69 Å². The molecule has 0 aliphatic carbocycles. The molecule has 0 fully saturated rings. The molecule has 7 nitrogen and oxygen atoms in total. The number of amides is 2. The highest BCUT2D eigenvalue weighted by atomic mass is 16.5. The lowest BCUT2D eigenvalue weighted by Crippen LogP contribution is -2.37. The van der Waals surface area contributed by atoms with Gasteiger partial charge in [-0.15, -0.1) is 0 Å². The Morgan fingerprint density at radius 2 is 1.85 bits per heavy atom. The van der Waals surface area contributed by atoms with Crippen molar-refractivity contribution in [2.45, 2.75) is 26.1 Å². The molecule has 33 heavy (non-hydrogen) atoms. The van der Waals surface area contributed by atoms with Gasteiger partial charge in [0.15, 0.2) is 17.6 Å². The van der Waals surface area contributed by atoms with E-state index in [4.69, 9.17) is 14.2 Å². The number of hydrogen-bond acceptors (Lipinski definition) is 5. The summed E-state index contributed by atoms with van der Waals surface area (Å²) in [6, 6.07) is 20.0. The van der Waals surface area contributed by atoms with Gasteiger partial charge in [-0.2, -0.15) is 0 Å². The predicted octanol–water partition coefficient (Wildman–Crippen LogP) is 4.27. The summed E-state index contributed by atoms with van der Waals surface area (Å²) in [7, 11) is 3.16. The zero-order valence-electron chi connectivity index (χ0n) is 18.8. The minimum Gasteiger partial charge on any atom is -0.493 e. The van der Waals surface area contributed by atoms with Gasteiger partial charge in [0, 0.05) is 35.5 Å². The Morgan fingerprint density at radius 1 is 1.06 bits per heavy atom. The number of fused-ring (bicyclic) bond motifs is 1. The van der Waals surface area contributed by atoms with Crippen LogP contribution in [0.25, 0.3) is 0 Å². The molecular weight excluding hydrogens is 420 g/mol. The van der Waals surface area contributed by atoms with Crippen molar-refractivity contribution in [3.63, 3.8) is 0 Å². The highest BCUT2D eigenvalue weighted by molar-refractivity contribution is 6.04. The van der Waals surface area contributed by atoms with Gasteiger partial charge in [-0.3, -0.25) is 9.59 Å². The lowest BCUT2D eigenvalue weighted by Gasteiger charge is -2.24. The number of benzene rings is 3. The molecule has 1 aliphatic rings. The van der Waals surface area contributed by atoms with Gasteiger partial charge < -0.3 is 24.4 Å². The quantitative estimate of drug-likeness (QED) is 0.612. The summed E-state index contributed by atoms with van der Waals surface area (Å²) in [6.07, 6.45) is -0.646. The van der Waals surface area contributed by atoms with Crippen molar-refractivity contribution in [3.8, 4) is 17.2 Å². The molecule has 2 amide bonds. The van der Waals surface area contributed by atoms with E-state index in [1.165, 1.54) is 0 Å². The van der Waals surface area contributed by atoms with Crippen molar-refractivity contribution < 1.29 is 23.8 Å². The average molecular weight is 447 g/mol. The van der Waals surface area contributed by atoms with Gasteiger partial charge in [0.1, 0.15) is 5.75 Å². The van der Waals surface area contributed by atoms with Crippen molar-refractivity contribution in [1.29, 1.82) is 0 Å². The largest absolute Gasteiger partial charge is 0.493 e. The standard InChI is InChI=1S/C26H26N2O5/c1-17-26(30)28(15-19-10-7-11-23(31-2)24(19)32-3)16-20-14-21(12-13-22(20)33-17)27-25(29)18-8-5-4-6-9-18/h4-14,17H,15-16H2,1-3H3,(H,27,29)/t17-/m1/s1.